The summed E-state index contributed by atoms with van der Waals surface area (Å²) >= 11 is 0. The highest BCUT2D eigenvalue weighted by molar-refractivity contribution is 5.81. The lowest BCUT2D eigenvalue weighted by Gasteiger charge is -2.38. The monoisotopic (exact) mass is 375 g/mol. The lowest BCUT2D eigenvalue weighted by molar-refractivity contribution is -0.127. The van der Waals surface area contributed by atoms with Crippen LogP contribution in [0.5, 0.6) is 5.75 Å². The zero-order chi connectivity index (χ0) is 19.2. The van der Waals surface area contributed by atoms with Crippen LogP contribution < -0.4 is 10.1 Å². The molecule has 6 heteroatoms. The van der Waals surface area contributed by atoms with Gasteiger partial charge in [-0.25, -0.2) is 0 Å². The third-order valence-corrected chi connectivity index (χ3v) is 5.78. The summed E-state index contributed by atoms with van der Waals surface area (Å²) in [7, 11) is 1.66. The van der Waals surface area contributed by atoms with Gasteiger partial charge >= 0.3 is 0 Å². The maximum atomic E-state index is 12.8. The van der Waals surface area contributed by atoms with Gasteiger partial charge in [-0.05, 0) is 32.8 Å². The van der Waals surface area contributed by atoms with Gasteiger partial charge in [-0.15, -0.1) is 0 Å². The Bertz CT molecular complexity index is 610. The SMILES string of the molecule is COc1ccccc1C(C)NC(=O)C(C)N1CCN(CC2CCCO2)CC1. The fourth-order valence-corrected chi connectivity index (χ4v) is 4.01. The largest absolute Gasteiger partial charge is 0.496 e. The molecule has 0 aliphatic carbocycles. The Kier molecular flexibility index (Phi) is 7.10. The predicted molar refractivity (Wildman–Crippen MR) is 106 cm³/mol. The molecule has 3 rings (SSSR count). The number of rotatable bonds is 7. The van der Waals surface area contributed by atoms with Crippen LogP contribution in [0.2, 0.25) is 0 Å². The highest BCUT2D eigenvalue weighted by Gasteiger charge is 2.28. The van der Waals surface area contributed by atoms with Gasteiger partial charge in [-0.1, -0.05) is 18.2 Å². The molecule has 1 aromatic rings. The number of methoxy groups -OCH3 is 1. The number of ether oxygens (including phenoxy) is 2. The van der Waals surface area contributed by atoms with Crippen LogP contribution in [-0.2, 0) is 9.53 Å². The number of benzene rings is 1. The summed E-state index contributed by atoms with van der Waals surface area (Å²) in [6.07, 6.45) is 2.77. The van der Waals surface area contributed by atoms with Crippen molar-refractivity contribution in [2.75, 3.05) is 46.4 Å². The number of nitrogens with one attached hydrogen (secondary N) is 1. The van der Waals surface area contributed by atoms with E-state index in [9.17, 15) is 4.79 Å². The summed E-state index contributed by atoms with van der Waals surface area (Å²) in [5.74, 6) is 0.877. The Balaban J connectivity index is 1.47. The van der Waals surface area contributed by atoms with Gasteiger partial charge in [0.2, 0.25) is 5.91 Å². The van der Waals surface area contributed by atoms with Gasteiger partial charge in [0, 0.05) is 44.9 Å². The summed E-state index contributed by atoms with van der Waals surface area (Å²) in [6, 6.07) is 7.61. The van der Waals surface area contributed by atoms with E-state index in [1.54, 1.807) is 7.11 Å². The summed E-state index contributed by atoms with van der Waals surface area (Å²) in [4.78, 5) is 17.5. The second-order valence-corrected chi connectivity index (χ2v) is 7.62. The molecule has 0 radical (unpaired) electrons. The molecule has 6 nitrogen and oxygen atoms in total. The lowest BCUT2D eigenvalue weighted by Crippen LogP contribution is -2.54. The number of piperazine rings is 1. The van der Waals surface area contributed by atoms with Crippen molar-refractivity contribution in [2.45, 2.75) is 44.9 Å². The first-order valence-electron chi connectivity index (χ1n) is 10.1. The van der Waals surface area contributed by atoms with Gasteiger partial charge in [0.05, 0.1) is 25.3 Å². The minimum atomic E-state index is -0.132. The highest BCUT2D eigenvalue weighted by Crippen LogP contribution is 2.24. The van der Waals surface area contributed by atoms with Crippen LogP contribution in [0.3, 0.4) is 0 Å². The van der Waals surface area contributed by atoms with E-state index in [1.807, 2.05) is 38.1 Å². The molecule has 2 saturated heterocycles. The second-order valence-electron chi connectivity index (χ2n) is 7.62. The van der Waals surface area contributed by atoms with Gasteiger partial charge < -0.3 is 14.8 Å². The zero-order valence-corrected chi connectivity index (χ0v) is 16.8. The van der Waals surface area contributed by atoms with Crippen molar-refractivity contribution in [1.29, 1.82) is 0 Å². The highest BCUT2D eigenvalue weighted by atomic mass is 16.5. The molecule has 0 spiro atoms. The maximum Gasteiger partial charge on any atom is 0.237 e. The first-order valence-corrected chi connectivity index (χ1v) is 10.1. The molecule has 0 saturated carbocycles. The van der Waals surface area contributed by atoms with Gasteiger partial charge in [0.25, 0.3) is 0 Å². The van der Waals surface area contributed by atoms with Crippen LogP contribution in [0, 0.1) is 0 Å². The topological polar surface area (TPSA) is 54.0 Å². The molecule has 0 aromatic heterocycles. The van der Waals surface area contributed by atoms with Crippen molar-refractivity contribution in [1.82, 2.24) is 15.1 Å². The van der Waals surface area contributed by atoms with E-state index < -0.39 is 0 Å². The molecule has 0 bridgehead atoms. The van der Waals surface area contributed by atoms with Crippen LogP contribution in [-0.4, -0.2) is 74.3 Å². The third-order valence-electron chi connectivity index (χ3n) is 5.78. The quantitative estimate of drug-likeness (QED) is 0.791. The minimum absolute atomic E-state index is 0.0704. The molecule has 150 valence electrons. The molecular weight excluding hydrogens is 342 g/mol. The molecule has 2 aliphatic rings. The van der Waals surface area contributed by atoms with Crippen molar-refractivity contribution in [3.05, 3.63) is 29.8 Å². The molecule has 3 unspecified atom stereocenters. The minimum Gasteiger partial charge on any atom is -0.496 e. The Morgan fingerprint density at radius 3 is 2.67 bits per heavy atom. The average Bonchev–Trinajstić information content (AvgIpc) is 3.21. The van der Waals surface area contributed by atoms with E-state index in [1.165, 1.54) is 12.8 Å². The van der Waals surface area contributed by atoms with Crippen LogP contribution >= 0.6 is 0 Å². The molecule has 2 heterocycles. The fraction of sp³-hybridized carbons (Fsp3) is 0.667. The van der Waals surface area contributed by atoms with Gasteiger partial charge in [0.1, 0.15) is 5.75 Å². The number of carbonyl (C=O) groups is 1. The molecular formula is C21H33N3O3. The maximum absolute atomic E-state index is 12.8. The van der Waals surface area contributed by atoms with E-state index in [0.29, 0.717) is 6.10 Å². The van der Waals surface area contributed by atoms with Crippen LogP contribution in [0.15, 0.2) is 24.3 Å². The van der Waals surface area contributed by atoms with E-state index in [0.717, 1.165) is 50.6 Å². The molecule has 1 aromatic carbocycles. The summed E-state index contributed by atoms with van der Waals surface area (Å²) < 4.78 is 11.2. The number of para-hydroxylation sites is 1. The summed E-state index contributed by atoms with van der Waals surface area (Å²) in [6.45, 7) is 9.78. The molecule has 1 amide bonds. The smallest absolute Gasteiger partial charge is 0.237 e. The van der Waals surface area contributed by atoms with Crippen molar-refractivity contribution in [3.8, 4) is 5.75 Å². The standard InChI is InChI=1S/C21H33N3O3/c1-16(19-8-4-5-9-20(19)26-3)22-21(25)17(2)24-12-10-23(11-13-24)15-18-7-6-14-27-18/h4-5,8-9,16-18H,6-7,10-15H2,1-3H3,(H,22,25). The number of hydrogen-bond acceptors (Lipinski definition) is 5. The predicted octanol–water partition coefficient (Wildman–Crippen LogP) is 2.06. The first-order chi connectivity index (χ1) is 13.1. The molecule has 2 aliphatic heterocycles. The Hall–Kier alpha value is -1.63. The third kappa shape index (κ3) is 5.21. The normalized spacial score (nSPS) is 23.7. The van der Waals surface area contributed by atoms with Crippen molar-refractivity contribution >= 4 is 5.91 Å². The number of amides is 1. The van der Waals surface area contributed by atoms with E-state index in [-0.39, 0.29) is 18.0 Å². The molecule has 1 N–H and O–H groups in total. The Labute approximate surface area is 162 Å². The van der Waals surface area contributed by atoms with E-state index in [4.69, 9.17) is 9.47 Å². The van der Waals surface area contributed by atoms with Gasteiger partial charge in [0.15, 0.2) is 0 Å². The number of nitrogens with zero attached hydrogens (tertiary/aromatic N) is 2. The lowest BCUT2D eigenvalue weighted by atomic mass is 10.1. The first kappa shape index (κ1) is 20.1. The van der Waals surface area contributed by atoms with E-state index in [2.05, 4.69) is 15.1 Å². The van der Waals surface area contributed by atoms with Crippen molar-refractivity contribution < 1.29 is 14.3 Å². The molecule has 2 fully saturated rings. The van der Waals surface area contributed by atoms with Gasteiger partial charge in [-0.2, -0.15) is 0 Å². The zero-order valence-electron chi connectivity index (χ0n) is 16.8. The van der Waals surface area contributed by atoms with Crippen LogP contribution in [0.1, 0.15) is 38.3 Å². The van der Waals surface area contributed by atoms with Crippen LogP contribution in [0.25, 0.3) is 0 Å². The average molecular weight is 376 g/mol. The molecule has 3 atom stereocenters. The number of carbonyl (C=O) groups excluding carboxylic acids is 1. The van der Waals surface area contributed by atoms with E-state index >= 15 is 0 Å². The second kappa shape index (κ2) is 9.53. The number of hydrogen-bond donors (Lipinski definition) is 1. The van der Waals surface area contributed by atoms with Gasteiger partial charge in [-0.3, -0.25) is 14.6 Å². The Morgan fingerprint density at radius 2 is 2.00 bits per heavy atom. The van der Waals surface area contributed by atoms with Crippen molar-refractivity contribution in [2.24, 2.45) is 0 Å². The van der Waals surface area contributed by atoms with Crippen LogP contribution in [0.4, 0.5) is 0 Å². The summed E-state index contributed by atoms with van der Waals surface area (Å²) in [5, 5.41) is 3.14. The Morgan fingerprint density at radius 1 is 1.26 bits per heavy atom. The van der Waals surface area contributed by atoms with Crippen molar-refractivity contribution in [3.63, 3.8) is 0 Å². The molecule has 27 heavy (non-hydrogen) atoms. The summed E-state index contributed by atoms with van der Waals surface area (Å²) in [5.41, 5.74) is 1.00. The fourth-order valence-electron chi connectivity index (χ4n) is 4.01.